The van der Waals surface area contributed by atoms with E-state index in [1.807, 2.05) is 25.1 Å². The molecule has 2 aromatic rings. The van der Waals surface area contributed by atoms with E-state index in [4.69, 9.17) is 10.5 Å². The van der Waals surface area contributed by atoms with E-state index >= 15 is 0 Å². The Morgan fingerprint density at radius 3 is 2.81 bits per heavy atom. The summed E-state index contributed by atoms with van der Waals surface area (Å²) in [7, 11) is 1.62. The van der Waals surface area contributed by atoms with Crippen LogP contribution in [0.1, 0.15) is 12.7 Å². The van der Waals surface area contributed by atoms with E-state index < -0.39 is 0 Å². The molecule has 0 amide bonds. The number of fused-ring (bicyclic) bond motifs is 1. The Morgan fingerprint density at radius 2 is 2.12 bits per heavy atom. The normalized spacial score (nSPS) is 12.7. The molecule has 2 N–H and O–H groups in total. The van der Waals surface area contributed by atoms with Gasteiger partial charge in [0.2, 0.25) is 0 Å². The molecule has 2 rings (SSSR count). The second kappa shape index (κ2) is 4.40. The molecule has 0 bridgehead atoms. The molecular formula is C11H14N4O. The number of nitrogens with two attached hydrogens (primary N) is 1. The van der Waals surface area contributed by atoms with E-state index in [2.05, 4.69) is 15.2 Å². The Hall–Kier alpha value is -1.75. The fraction of sp³-hybridized carbons (Fsp3) is 0.364. The minimum Gasteiger partial charge on any atom is -0.497 e. The number of aromatic nitrogens is 3. The lowest BCUT2D eigenvalue weighted by atomic mass is 10.2. The van der Waals surface area contributed by atoms with Gasteiger partial charge in [-0.25, -0.2) is 4.98 Å². The highest BCUT2D eigenvalue weighted by Crippen LogP contribution is 2.16. The molecule has 5 heteroatoms. The van der Waals surface area contributed by atoms with Crippen molar-refractivity contribution >= 4 is 11.0 Å². The number of rotatable bonds is 3. The second-order valence-corrected chi connectivity index (χ2v) is 3.76. The first-order valence-corrected chi connectivity index (χ1v) is 5.12. The highest BCUT2D eigenvalue weighted by atomic mass is 16.5. The van der Waals surface area contributed by atoms with Gasteiger partial charge < -0.3 is 10.5 Å². The number of hydrogen-bond donors (Lipinski definition) is 1. The molecule has 5 nitrogen and oxygen atoms in total. The molecule has 1 unspecified atom stereocenters. The molecule has 0 fully saturated rings. The summed E-state index contributed by atoms with van der Waals surface area (Å²) >= 11 is 0. The number of ether oxygens (including phenoxy) is 1. The number of nitrogens with zero attached hydrogens (tertiary/aromatic N) is 3. The van der Waals surface area contributed by atoms with Crippen LogP contribution in [0.2, 0.25) is 0 Å². The van der Waals surface area contributed by atoms with Gasteiger partial charge in [-0.3, -0.25) is 0 Å². The molecule has 0 aliphatic carbocycles. The van der Waals surface area contributed by atoms with Gasteiger partial charge in [-0.2, -0.15) is 0 Å². The van der Waals surface area contributed by atoms with E-state index in [-0.39, 0.29) is 6.04 Å². The Morgan fingerprint density at radius 1 is 1.31 bits per heavy atom. The van der Waals surface area contributed by atoms with Crippen molar-refractivity contribution in [1.82, 2.24) is 15.2 Å². The minimum absolute atomic E-state index is 0.0394. The zero-order valence-corrected chi connectivity index (χ0v) is 9.34. The summed E-state index contributed by atoms with van der Waals surface area (Å²) in [5.41, 5.74) is 7.23. The number of methoxy groups -OCH3 is 1. The molecule has 0 aliphatic rings. The van der Waals surface area contributed by atoms with Gasteiger partial charge in [0, 0.05) is 18.5 Å². The molecule has 84 valence electrons. The third-order valence-corrected chi connectivity index (χ3v) is 2.21. The van der Waals surface area contributed by atoms with Crippen LogP contribution in [0.4, 0.5) is 0 Å². The van der Waals surface area contributed by atoms with Crippen LogP contribution >= 0.6 is 0 Å². The quantitative estimate of drug-likeness (QED) is 0.829. The summed E-state index contributed by atoms with van der Waals surface area (Å²) in [6.45, 7) is 1.92. The highest BCUT2D eigenvalue weighted by molar-refractivity contribution is 5.75. The standard InChI is InChI=1S/C11H14N4O/c1-7(12)5-11-13-9-4-3-8(16-2)6-10(9)14-15-11/h3-4,6-7H,5,12H2,1-2H3. The van der Waals surface area contributed by atoms with E-state index in [0.717, 1.165) is 16.8 Å². The molecule has 0 saturated heterocycles. The Bertz CT molecular complexity index is 498. The zero-order chi connectivity index (χ0) is 11.5. The fourth-order valence-corrected chi connectivity index (χ4v) is 1.45. The maximum absolute atomic E-state index is 5.69. The smallest absolute Gasteiger partial charge is 0.153 e. The van der Waals surface area contributed by atoms with Crippen molar-refractivity contribution in [1.29, 1.82) is 0 Å². The predicted molar refractivity (Wildman–Crippen MR) is 61.2 cm³/mol. The SMILES string of the molecule is COc1ccc2nc(CC(C)N)nnc2c1. The molecule has 1 atom stereocenters. The van der Waals surface area contributed by atoms with E-state index in [9.17, 15) is 0 Å². The average molecular weight is 218 g/mol. The van der Waals surface area contributed by atoms with Gasteiger partial charge in [0.25, 0.3) is 0 Å². The first-order chi connectivity index (χ1) is 7.69. The maximum atomic E-state index is 5.69. The first kappa shape index (κ1) is 10.8. The molecule has 0 aliphatic heterocycles. The second-order valence-electron chi connectivity index (χ2n) is 3.76. The van der Waals surface area contributed by atoms with Crippen molar-refractivity contribution in [2.45, 2.75) is 19.4 Å². The first-order valence-electron chi connectivity index (χ1n) is 5.12. The van der Waals surface area contributed by atoms with Gasteiger partial charge in [0.1, 0.15) is 11.3 Å². The van der Waals surface area contributed by atoms with Crippen molar-refractivity contribution in [3.63, 3.8) is 0 Å². The van der Waals surface area contributed by atoms with Crippen LogP contribution in [-0.2, 0) is 6.42 Å². The molecule has 0 radical (unpaired) electrons. The minimum atomic E-state index is 0.0394. The fourth-order valence-electron chi connectivity index (χ4n) is 1.45. The lowest BCUT2D eigenvalue weighted by Gasteiger charge is -2.04. The van der Waals surface area contributed by atoms with Crippen LogP contribution in [0.25, 0.3) is 11.0 Å². The van der Waals surface area contributed by atoms with Crippen LogP contribution in [0.3, 0.4) is 0 Å². The van der Waals surface area contributed by atoms with Crippen molar-refractivity contribution in [3.8, 4) is 5.75 Å². The largest absolute Gasteiger partial charge is 0.497 e. The Labute approximate surface area is 93.7 Å². The monoisotopic (exact) mass is 218 g/mol. The summed E-state index contributed by atoms with van der Waals surface area (Å²) in [5, 5.41) is 8.12. The van der Waals surface area contributed by atoms with Crippen LogP contribution < -0.4 is 10.5 Å². The van der Waals surface area contributed by atoms with E-state index in [1.54, 1.807) is 7.11 Å². The van der Waals surface area contributed by atoms with Gasteiger partial charge in [-0.1, -0.05) is 0 Å². The molecule has 0 spiro atoms. The number of benzene rings is 1. The van der Waals surface area contributed by atoms with Crippen LogP contribution in [0.15, 0.2) is 18.2 Å². The van der Waals surface area contributed by atoms with Crippen LogP contribution in [0.5, 0.6) is 5.75 Å². The summed E-state index contributed by atoms with van der Waals surface area (Å²) in [4.78, 5) is 4.38. The summed E-state index contributed by atoms with van der Waals surface area (Å²) < 4.78 is 5.10. The van der Waals surface area contributed by atoms with E-state index in [0.29, 0.717) is 12.2 Å². The van der Waals surface area contributed by atoms with Crippen molar-refractivity contribution in [2.75, 3.05) is 7.11 Å². The lowest BCUT2D eigenvalue weighted by molar-refractivity contribution is 0.415. The van der Waals surface area contributed by atoms with Crippen LogP contribution in [0, 0.1) is 0 Å². The lowest BCUT2D eigenvalue weighted by Crippen LogP contribution is -2.19. The van der Waals surface area contributed by atoms with Gasteiger partial charge in [-0.05, 0) is 19.1 Å². The van der Waals surface area contributed by atoms with Crippen molar-refractivity contribution < 1.29 is 4.74 Å². The van der Waals surface area contributed by atoms with Gasteiger partial charge in [0.05, 0.1) is 12.6 Å². The molecule has 1 aromatic heterocycles. The van der Waals surface area contributed by atoms with Crippen molar-refractivity contribution in [3.05, 3.63) is 24.0 Å². The van der Waals surface area contributed by atoms with Crippen LogP contribution in [-0.4, -0.2) is 28.3 Å². The summed E-state index contributed by atoms with van der Waals surface area (Å²) in [6.07, 6.45) is 0.634. The Balaban J connectivity index is 2.39. The summed E-state index contributed by atoms with van der Waals surface area (Å²) in [5.74, 6) is 1.43. The molecule has 1 aromatic carbocycles. The maximum Gasteiger partial charge on any atom is 0.153 e. The third kappa shape index (κ3) is 2.25. The van der Waals surface area contributed by atoms with Gasteiger partial charge in [0.15, 0.2) is 5.82 Å². The zero-order valence-electron chi connectivity index (χ0n) is 9.34. The van der Waals surface area contributed by atoms with E-state index in [1.165, 1.54) is 0 Å². The van der Waals surface area contributed by atoms with Gasteiger partial charge in [-0.15, -0.1) is 10.2 Å². The predicted octanol–water partition coefficient (Wildman–Crippen LogP) is 0.923. The topological polar surface area (TPSA) is 73.9 Å². The molecule has 1 heterocycles. The highest BCUT2D eigenvalue weighted by Gasteiger charge is 2.05. The third-order valence-electron chi connectivity index (χ3n) is 2.21. The molecular weight excluding hydrogens is 204 g/mol. The Kier molecular flexibility index (Phi) is 2.96. The van der Waals surface area contributed by atoms with Gasteiger partial charge >= 0.3 is 0 Å². The molecule has 16 heavy (non-hydrogen) atoms. The van der Waals surface area contributed by atoms with Crippen molar-refractivity contribution in [2.24, 2.45) is 5.73 Å². The summed E-state index contributed by atoms with van der Waals surface area (Å²) in [6, 6.07) is 5.57. The average Bonchev–Trinajstić information content (AvgIpc) is 2.27. The molecule has 0 saturated carbocycles. The number of hydrogen-bond acceptors (Lipinski definition) is 5.